The fourth-order valence-electron chi connectivity index (χ4n) is 2.41. The molecule has 0 amide bonds. The van der Waals surface area contributed by atoms with Gasteiger partial charge in [0.05, 0.1) is 5.69 Å². The lowest BCUT2D eigenvalue weighted by atomic mass is 10.0. The predicted molar refractivity (Wildman–Crippen MR) is 69.0 cm³/mol. The third-order valence-electron chi connectivity index (χ3n) is 3.29. The molecule has 1 heterocycles. The first-order valence-electron chi connectivity index (χ1n) is 6.01. The Labute approximate surface area is 101 Å². The molecule has 3 rings (SSSR count). The van der Waals surface area contributed by atoms with E-state index in [-0.39, 0.29) is 0 Å². The van der Waals surface area contributed by atoms with E-state index >= 15 is 0 Å². The highest BCUT2D eigenvalue weighted by Crippen LogP contribution is 2.30. The summed E-state index contributed by atoms with van der Waals surface area (Å²) in [5.74, 6) is 0.850. The lowest BCUT2D eigenvalue weighted by Gasteiger charge is -2.08. The van der Waals surface area contributed by atoms with Gasteiger partial charge in [0.2, 0.25) is 0 Å². The van der Waals surface area contributed by atoms with Crippen molar-refractivity contribution in [2.45, 2.75) is 19.3 Å². The van der Waals surface area contributed by atoms with Crippen LogP contribution in [-0.2, 0) is 12.8 Å². The van der Waals surface area contributed by atoms with Crippen molar-refractivity contribution in [1.82, 2.24) is 10.2 Å². The largest absolute Gasteiger partial charge is 0.372 e. The van der Waals surface area contributed by atoms with E-state index < -0.39 is 0 Å². The summed E-state index contributed by atoms with van der Waals surface area (Å²) in [5.41, 5.74) is 4.99. The number of benzene rings is 1. The van der Waals surface area contributed by atoms with Crippen molar-refractivity contribution in [3.05, 3.63) is 41.5 Å². The van der Waals surface area contributed by atoms with Gasteiger partial charge >= 0.3 is 0 Å². The van der Waals surface area contributed by atoms with Crippen LogP contribution in [0.3, 0.4) is 0 Å². The van der Waals surface area contributed by atoms with Crippen LogP contribution in [0.25, 0.3) is 11.3 Å². The van der Waals surface area contributed by atoms with Crippen molar-refractivity contribution in [3.8, 4) is 11.3 Å². The summed E-state index contributed by atoms with van der Waals surface area (Å²) in [6.07, 6.45) is 3.38. The molecule has 0 unspecified atom stereocenters. The zero-order chi connectivity index (χ0) is 11.7. The lowest BCUT2D eigenvalue weighted by Crippen LogP contribution is -2.00. The summed E-state index contributed by atoms with van der Waals surface area (Å²) in [6, 6.07) is 10.6. The van der Waals surface area contributed by atoms with Gasteiger partial charge in [-0.15, -0.1) is 10.2 Å². The number of nitrogens with zero attached hydrogens (tertiary/aromatic N) is 2. The molecule has 0 aliphatic heterocycles. The fourth-order valence-corrected chi connectivity index (χ4v) is 2.41. The number of rotatable bonds is 1. The minimum absolute atomic E-state index is 0.850. The number of aromatic nitrogens is 2. The van der Waals surface area contributed by atoms with Crippen molar-refractivity contribution in [2.75, 3.05) is 12.4 Å². The Kier molecular flexibility index (Phi) is 2.52. The predicted octanol–water partition coefficient (Wildman–Crippen LogP) is 2.67. The first-order valence-corrected chi connectivity index (χ1v) is 6.01. The molecule has 1 aromatic heterocycles. The van der Waals surface area contributed by atoms with Gasteiger partial charge in [-0.1, -0.05) is 24.3 Å². The summed E-state index contributed by atoms with van der Waals surface area (Å²) >= 11 is 0. The van der Waals surface area contributed by atoms with Crippen LogP contribution < -0.4 is 5.32 Å². The van der Waals surface area contributed by atoms with Gasteiger partial charge in [0, 0.05) is 12.6 Å². The monoisotopic (exact) mass is 225 g/mol. The molecular weight excluding hydrogens is 210 g/mol. The molecule has 3 heteroatoms. The Bertz CT molecular complexity index is 549. The normalized spacial score (nSPS) is 13.5. The Balaban J connectivity index is 2.19. The molecule has 1 aliphatic rings. The molecule has 86 valence electrons. The molecule has 0 fully saturated rings. The van der Waals surface area contributed by atoms with Crippen LogP contribution in [-0.4, -0.2) is 17.2 Å². The van der Waals surface area contributed by atoms with E-state index in [1.54, 1.807) is 0 Å². The number of hydrogen-bond acceptors (Lipinski definition) is 3. The molecule has 0 atom stereocenters. The van der Waals surface area contributed by atoms with E-state index in [0.717, 1.165) is 24.4 Å². The zero-order valence-corrected chi connectivity index (χ0v) is 9.90. The van der Waals surface area contributed by atoms with Crippen molar-refractivity contribution in [3.63, 3.8) is 0 Å². The topological polar surface area (TPSA) is 37.8 Å². The van der Waals surface area contributed by atoms with E-state index in [0.29, 0.717) is 0 Å². The van der Waals surface area contributed by atoms with Gasteiger partial charge in [0.15, 0.2) is 0 Å². The SMILES string of the molecule is CNc1cc2c(nn1)-c1ccccc1CCC2. The highest BCUT2D eigenvalue weighted by atomic mass is 15.2. The van der Waals surface area contributed by atoms with Gasteiger partial charge in [0.25, 0.3) is 0 Å². The van der Waals surface area contributed by atoms with Crippen molar-refractivity contribution < 1.29 is 0 Å². The van der Waals surface area contributed by atoms with Crippen LogP contribution in [0.4, 0.5) is 5.82 Å². The second-order valence-corrected chi connectivity index (χ2v) is 4.36. The summed E-state index contributed by atoms with van der Waals surface area (Å²) in [7, 11) is 1.88. The first-order chi connectivity index (χ1) is 8.38. The van der Waals surface area contributed by atoms with Crippen molar-refractivity contribution >= 4 is 5.82 Å². The van der Waals surface area contributed by atoms with Gasteiger partial charge in [-0.25, -0.2) is 0 Å². The van der Waals surface area contributed by atoms with E-state index in [9.17, 15) is 0 Å². The maximum absolute atomic E-state index is 4.38. The Morgan fingerprint density at radius 1 is 1.06 bits per heavy atom. The van der Waals surface area contributed by atoms with Crippen LogP contribution in [0.15, 0.2) is 30.3 Å². The van der Waals surface area contributed by atoms with Crippen LogP contribution in [0.2, 0.25) is 0 Å². The van der Waals surface area contributed by atoms with Gasteiger partial charge in [-0.3, -0.25) is 0 Å². The minimum atomic E-state index is 0.850. The molecule has 1 aromatic carbocycles. The van der Waals surface area contributed by atoms with Gasteiger partial charge < -0.3 is 5.32 Å². The molecule has 0 saturated heterocycles. The van der Waals surface area contributed by atoms with Crippen molar-refractivity contribution in [1.29, 1.82) is 0 Å². The smallest absolute Gasteiger partial charge is 0.148 e. The van der Waals surface area contributed by atoms with E-state index in [2.05, 4.69) is 45.8 Å². The van der Waals surface area contributed by atoms with Gasteiger partial charge in [0.1, 0.15) is 5.82 Å². The standard InChI is InChI=1S/C14H15N3/c1-15-13-9-11-7-4-6-10-5-2-3-8-12(10)14(11)17-16-13/h2-3,5,8-9H,4,6-7H2,1H3,(H,15,16). The quantitative estimate of drug-likeness (QED) is 0.810. The second-order valence-electron chi connectivity index (χ2n) is 4.36. The minimum Gasteiger partial charge on any atom is -0.372 e. The second kappa shape index (κ2) is 4.17. The fraction of sp³-hybridized carbons (Fsp3) is 0.286. The number of fused-ring (bicyclic) bond motifs is 3. The van der Waals surface area contributed by atoms with E-state index in [1.165, 1.54) is 23.1 Å². The third-order valence-corrected chi connectivity index (χ3v) is 3.29. The van der Waals surface area contributed by atoms with Gasteiger partial charge in [-0.2, -0.15) is 0 Å². The molecule has 0 radical (unpaired) electrons. The van der Waals surface area contributed by atoms with Crippen LogP contribution in [0, 0.1) is 0 Å². The highest BCUT2D eigenvalue weighted by Gasteiger charge is 2.16. The molecule has 0 bridgehead atoms. The van der Waals surface area contributed by atoms with E-state index in [4.69, 9.17) is 0 Å². The molecule has 0 spiro atoms. The summed E-state index contributed by atoms with van der Waals surface area (Å²) < 4.78 is 0. The Morgan fingerprint density at radius 3 is 2.76 bits per heavy atom. The maximum atomic E-state index is 4.38. The molecule has 17 heavy (non-hydrogen) atoms. The summed E-state index contributed by atoms with van der Waals surface area (Å²) in [4.78, 5) is 0. The molecule has 1 aliphatic carbocycles. The molecular formula is C14H15N3. The summed E-state index contributed by atoms with van der Waals surface area (Å²) in [5, 5.41) is 11.6. The Morgan fingerprint density at radius 2 is 1.88 bits per heavy atom. The Hall–Kier alpha value is -1.90. The number of hydrogen-bond donors (Lipinski definition) is 1. The highest BCUT2D eigenvalue weighted by molar-refractivity contribution is 5.68. The first kappa shape index (κ1) is 10.3. The number of nitrogens with one attached hydrogen (secondary N) is 1. The van der Waals surface area contributed by atoms with Crippen LogP contribution in [0.5, 0.6) is 0 Å². The zero-order valence-electron chi connectivity index (χ0n) is 9.90. The lowest BCUT2D eigenvalue weighted by molar-refractivity contribution is 0.830. The number of anilines is 1. The molecule has 3 nitrogen and oxygen atoms in total. The maximum Gasteiger partial charge on any atom is 0.148 e. The van der Waals surface area contributed by atoms with Crippen LogP contribution in [0.1, 0.15) is 17.5 Å². The molecule has 0 saturated carbocycles. The number of aryl methyl sites for hydroxylation is 2. The van der Waals surface area contributed by atoms with Crippen LogP contribution >= 0.6 is 0 Å². The van der Waals surface area contributed by atoms with Crippen molar-refractivity contribution in [2.24, 2.45) is 0 Å². The average molecular weight is 225 g/mol. The molecule has 2 aromatic rings. The van der Waals surface area contributed by atoms with Gasteiger partial charge in [-0.05, 0) is 36.5 Å². The summed E-state index contributed by atoms with van der Waals surface area (Å²) in [6.45, 7) is 0. The molecule has 1 N–H and O–H groups in total. The van der Waals surface area contributed by atoms with E-state index in [1.807, 2.05) is 7.05 Å². The average Bonchev–Trinajstić information content (AvgIpc) is 2.57. The third kappa shape index (κ3) is 1.78.